The molecule has 22 heavy (non-hydrogen) atoms. The van der Waals surface area contributed by atoms with Gasteiger partial charge in [0.1, 0.15) is 18.2 Å². The summed E-state index contributed by atoms with van der Waals surface area (Å²) in [6.45, 7) is 6.08. The molecule has 0 spiro atoms. The van der Waals surface area contributed by atoms with Gasteiger partial charge in [0.25, 0.3) is 0 Å². The van der Waals surface area contributed by atoms with Crippen molar-refractivity contribution in [3.63, 3.8) is 0 Å². The largest absolute Gasteiger partial charge is 0.333 e. The minimum Gasteiger partial charge on any atom is -0.333 e. The van der Waals surface area contributed by atoms with Crippen LogP contribution in [0.5, 0.6) is 0 Å². The third-order valence-electron chi connectivity index (χ3n) is 4.23. The molecule has 3 rings (SSSR count). The lowest BCUT2D eigenvalue weighted by molar-refractivity contribution is -0.0968. The number of fused-ring (bicyclic) bond motifs is 2. The second-order valence-electron chi connectivity index (χ2n) is 6.12. The number of likely N-dealkylation sites (N-methyl/N-ethyl adjacent to an activating group) is 1. The first-order chi connectivity index (χ1) is 10.6. The zero-order valence-electron chi connectivity index (χ0n) is 14.1. The molecule has 1 unspecified atom stereocenters. The molecule has 0 bridgehead atoms. The molecule has 3 aliphatic heterocycles. The van der Waals surface area contributed by atoms with E-state index in [4.69, 9.17) is 9.83 Å². The van der Waals surface area contributed by atoms with Crippen molar-refractivity contribution in [3.8, 4) is 0 Å². The molecule has 3 heterocycles. The van der Waals surface area contributed by atoms with Crippen molar-refractivity contribution in [2.45, 2.75) is 26.3 Å². The lowest BCUT2D eigenvalue weighted by atomic mass is 10.00. The summed E-state index contributed by atoms with van der Waals surface area (Å²) in [6.07, 6.45) is 7.29. The molecule has 0 fully saturated rings. The summed E-state index contributed by atoms with van der Waals surface area (Å²) in [6, 6.07) is 0.220. The molecule has 0 saturated carbocycles. The molecule has 120 valence electrons. The molecule has 0 amide bonds. The fraction of sp³-hybridized carbons (Fsp3) is 0.562. The fourth-order valence-corrected chi connectivity index (χ4v) is 3.36. The Morgan fingerprint density at radius 1 is 1.36 bits per heavy atom. The van der Waals surface area contributed by atoms with Crippen LogP contribution in [0.2, 0.25) is 0 Å². The van der Waals surface area contributed by atoms with Gasteiger partial charge >= 0.3 is 0 Å². The van der Waals surface area contributed by atoms with Crippen molar-refractivity contribution in [3.05, 3.63) is 35.2 Å². The van der Waals surface area contributed by atoms with Crippen LogP contribution in [0.3, 0.4) is 0 Å². The average Bonchev–Trinajstić information content (AvgIpc) is 2.89. The molecule has 0 saturated heterocycles. The summed E-state index contributed by atoms with van der Waals surface area (Å²) >= 11 is 0. The second kappa shape index (κ2) is 5.78. The summed E-state index contributed by atoms with van der Waals surface area (Å²) in [5, 5.41) is 1.83. The van der Waals surface area contributed by atoms with E-state index in [2.05, 4.69) is 48.8 Å². The van der Waals surface area contributed by atoms with E-state index < -0.39 is 0 Å². The second-order valence-corrected chi connectivity index (χ2v) is 6.12. The van der Waals surface area contributed by atoms with Crippen LogP contribution in [0.1, 0.15) is 20.3 Å². The van der Waals surface area contributed by atoms with E-state index in [-0.39, 0.29) is 6.04 Å². The average molecular weight is 303 g/mol. The molecule has 6 nitrogen and oxygen atoms in total. The number of aliphatic imine (C=N–C) groups is 1. The Kier molecular flexibility index (Phi) is 3.97. The van der Waals surface area contributed by atoms with E-state index in [9.17, 15) is 0 Å². The number of hydrogen-bond donors (Lipinski definition) is 0. The molecule has 1 atom stereocenters. The Balaban J connectivity index is 2.04. The molecule has 3 aliphatic rings. The maximum atomic E-state index is 5.36. The van der Waals surface area contributed by atoms with Gasteiger partial charge in [-0.25, -0.2) is 5.06 Å². The van der Waals surface area contributed by atoms with Crippen molar-refractivity contribution in [2.75, 3.05) is 34.4 Å². The summed E-state index contributed by atoms with van der Waals surface area (Å²) in [5.74, 6) is 1.18. The molecule has 0 aliphatic carbocycles. The van der Waals surface area contributed by atoms with Gasteiger partial charge in [-0.05, 0) is 33.0 Å². The van der Waals surface area contributed by atoms with Crippen LogP contribution in [0.15, 0.2) is 40.2 Å². The van der Waals surface area contributed by atoms with Crippen molar-refractivity contribution in [1.29, 1.82) is 0 Å². The van der Waals surface area contributed by atoms with Crippen LogP contribution < -0.4 is 0 Å². The SMILES string of the molecule is CCCN1C=C(C)C(N(C)C)C2=C1N1CN(OC)C=C1C=N2. The van der Waals surface area contributed by atoms with Crippen LogP contribution in [0.4, 0.5) is 0 Å². The Hall–Kier alpha value is -1.79. The number of hydroxylamine groups is 2. The highest BCUT2D eigenvalue weighted by molar-refractivity contribution is 5.81. The van der Waals surface area contributed by atoms with Crippen LogP contribution >= 0.6 is 0 Å². The van der Waals surface area contributed by atoms with E-state index >= 15 is 0 Å². The third-order valence-corrected chi connectivity index (χ3v) is 4.23. The number of allylic oxidation sites excluding steroid dienone is 1. The Morgan fingerprint density at radius 2 is 2.14 bits per heavy atom. The van der Waals surface area contributed by atoms with E-state index in [0.29, 0.717) is 6.67 Å². The predicted octanol–water partition coefficient (Wildman–Crippen LogP) is 1.78. The summed E-state index contributed by atoms with van der Waals surface area (Å²) in [7, 11) is 5.90. The van der Waals surface area contributed by atoms with Gasteiger partial charge in [-0.15, -0.1) is 0 Å². The van der Waals surface area contributed by atoms with Gasteiger partial charge < -0.3 is 9.80 Å². The zero-order chi connectivity index (χ0) is 15.9. The van der Waals surface area contributed by atoms with Gasteiger partial charge in [0.15, 0.2) is 0 Å². The van der Waals surface area contributed by atoms with E-state index in [0.717, 1.165) is 24.4 Å². The Bertz CT molecular complexity index is 575. The highest BCUT2D eigenvalue weighted by Crippen LogP contribution is 2.36. The van der Waals surface area contributed by atoms with Gasteiger partial charge in [-0.3, -0.25) is 14.7 Å². The molecule has 0 aromatic heterocycles. The normalized spacial score (nSPS) is 23.9. The smallest absolute Gasteiger partial charge is 0.138 e. The van der Waals surface area contributed by atoms with Crippen LogP contribution in [-0.2, 0) is 4.84 Å². The topological polar surface area (TPSA) is 34.5 Å². The van der Waals surface area contributed by atoms with Crippen molar-refractivity contribution in [2.24, 2.45) is 4.99 Å². The summed E-state index contributed by atoms with van der Waals surface area (Å²) in [5.41, 5.74) is 3.52. The maximum Gasteiger partial charge on any atom is 0.138 e. The number of hydrogen-bond acceptors (Lipinski definition) is 6. The standard InChI is InChI=1S/C16H25N5O/c1-6-7-19-9-12(2)15(18(3)4)14-16(19)21-11-20(22-5)10-13(21)8-17-14/h8-10,15H,6-7,11H2,1-5H3. The van der Waals surface area contributed by atoms with Crippen LogP contribution in [-0.4, -0.2) is 66.4 Å². The highest BCUT2D eigenvalue weighted by Gasteiger charge is 2.37. The van der Waals surface area contributed by atoms with Gasteiger partial charge in [0.2, 0.25) is 0 Å². The number of rotatable bonds is 4. The lowest BCUT2D eigenvalue weighted by Crippen LogP contribution is -2.44. The first kappa shape index (κ1) is 15.1. The zero-order valence-corrected chi connectivity index (χ0v) is 14.1. The van der Waals surface area contributed by atoms with E-state index in [1.54, 1.807) is 7.11 Å². The van der Waals surface area contributed by atoms with Crippen LogP contribution in [0.25, 0.3) is 0 Å². The predicted molar refractivity (Wildman–Crippen MR) is 87.4 cm³/mol. The van der Waals surface area contributed by atoms with E-state index in [1.807, 2.05) is 17.5 Å². The molecular formula is C16H25N5O. The fourth-order valence-electron chi connectivity index (χ4n) is 3.36. The quantitative estimate of drug-likeness (QED) is 0.791. The van der Waals surface area contributed by atoms with Crippen LogP contribution in [0, 0.1) is 0 Å². The summed E-state index contributed by atoms with van der Waals surface area (Å²) in [4.78, 5) is 17.0. The summed E-state index contributed by atoms with van der Waals surface area (Å²) < 4.78 is 0. The van der Waals surface area contributed by atoms with Crippen molar-refractivity contribution < 1.29 is 4.84 Å². The first-order valence-electron chi connectivity index (χ1n) is 7.76. The Labute approximate surface area is 132 Å². The molecule has 6 heteroatoms. The minimum atomic E-state index is 0.220. The molecule has 0 radical (unpaired) electrons. The highest BCUT2D eigenvalue weighted by atomic mass is 16.7. The number of nitrogens with zero attached hydrogens (tertiary/aromatic N) is 5. The molecule has 0 N–H and O–H groups in total. The van der Waals surface area contributed by atoms with Gasteiger partial charge in [0, 0.05) is 12.7 Å². The van der Waals surface area contributed by atoms with Gasteiger partial charge in [-0.2, -0.15) is 0 Å². The first-order valence-corrected chi connectivity index (χ1v) is 7.76. The molecule has 0 aromatic carbocycles. The minimum absolute atomic E-state index is 0.220. The van der Waals surface area contributed by atoms with Crippen molar-refractivity contribution >= 4 is 6.21 Å². The monoisotopic (exact) mass is 303 g/mol. The molecule has 0 aromatic rings. The van der Waals surface area contributed by atoms with Crippen molar-refractivity contribution in [1.82, 2.24) is 19.8 Å². The molecular weight excluding hydrogens is 278 g/mol. The Morgan fingerprint density at radius 3 is 2.77 bits per heavy atom. The van der Waals surface area contributed by atoms with Gasteiger partial charge in [-0.1, -0.05) is 6.92 Å². The lowest BCUT2D eigenvalue weighted by Gasteiger charge is -2.42. The maximum absolute atomic E-state index is 5.36. The third kappa shape index (κ3) is 2.32. The van der Waals surface area contributed by atoms with Gasteiger partial charge in [0.05, 0.1) is 31.3 Å². The van der Waals surface area contributed by atoms with E-state index in [1.165, 1.54) is 11.4 Å².